The summed E-state index contributed by atoms with van der Waals surface area (Å²) in [5.41, 5.74) is 7.94. The molecule has 0 aliphatic carbocycles. The van der Waals surface area contributed by atoms with Crippen LogP contribution in [0.1, 0.15) is 17.3 Å². The minimum absolute atomic E-state index is 0.154. The van der Waals surface area contributed by atoms with Crippen molar-refractivity contribution in [2.24, 2.45) is 5.73 Å². The second kappa shape index (κ2) is 4.09. The van der Waals surface area contributed by atoms with Gasteiger partial charge in [-0.05, 0) is 35.3 Å². The zero-order valence-electron chi connectivity index (χ0n) is 7.35. The minimum Gasteiger partial charge on any atom is -0.319 e. The van der Waals surface area contributed by atoms with Gasteiger partial charge in [0.1, 0.15) is 0 Å². The monoisotopic (exact) mass is 224 g/mol. The summed E-state index contributed by atoms with van der Waals surface area (Å²) in [5, 5.41) is 2.64. The molecule has 14 heavy (non-hydrogen) atoms. The van der Waals surface area contributed by atoms with Crippen molar-refractivity contribution in [3.8, 4) is 0 Å². The second-order valence-corrected chi connectivity index (χ2v) is 4.06. The maximum absolute atomic E-state index is 6.01. The van der Waals surface area contributed by atoms with Crippen LogP contribution in [-0.2, 0) is 0 Å². The van der Waals surface area contributed by atoms with Gasteiger partial charge in [0.2, 0.25) is 0 Å². The highest BCUT2D eigenvalue weighted by molar-refractivity contribution is 7.03. The molecule has 0 spiro atoms. The smallest absolute Gasteiger partial charge is 0.0754 e. The molecule has 2 rings (SSSR count). The maximum Gasteiger partial charge on any atom is 0.0754 e. The van der Waals surface area contributed by atoms with Crippen molar-refractivity contribution in [2.75, 3.05) is 0 Å². The van der Waals surface area contributed by atoms with Crippen LogP contribution in [0.25, 0.3) is 0 Å². The van der Waals surface area contributed by atoms with E-state index in [1.54, 1.807) is 0 Å². The third-order valence-corrected chi connectivity index (χ3v) is 2.83. The van der Waals surface area contributed by atoms with Gasteiger partial charge in [-0.2, -0.15) is 4.37 Å². The summed E-state index contributed by atoms with van der Waals surface area (Å²) in [7, 11) is 0. The number of rotatable bonds is 2. The lowest BCUT2D eigenvalue weighted by atomic mass is 10.1. The van der Waals surface area contributed by atoms with Crippen molar-refractivity contribution in [1.82, 2.24) is 4.37 Å². The van der Waals surface area contributed by atoms with Gasteiger partial charge in [0.25, 0.3) is 0 Å². The molecular formula is C10H9ClN2S. The van der Waals surface area contributed by atoms with Crippen molar-refractivity contribution >= 4 is 23.1 Å². The van der Waals surface area contributed by atoms with Gasteiger partial charge >= 0.3 is 0 Å². The van der Waals surface area contributed by atoms with E-state index in [0.717, 1.165) is 16.3 Å². The summed E-state index contributed by atoms with van der Waals surface area (Å²) in [6, 6.07) is 9.30. The van der Waals surface area contributed by atoms with E-state index in [4.69, 9.17) is 17.3 Å². The quantitative estimate of drug-likeness (QED) is 0.852. The normalized spacial score (nSPS) is 12.7. The first-order valence-corrected chi connectivity index (χ1v) is 5.40. The average Bonchev–Trinajstić information content (AvgIpc) is 2.71. The first-order chi connectivity index (χ1) is 6.77. The fraction of sp³-hybridized carbons (Fsp3) is 0.100. The second-order valence-electron chi connectivity index (χ2n) is 2.95. The Balaban J connectivity index is 2.28. The summed E-state index contributed by atoms with van der Waals surface area (Å²) in [5.74, 6) is 0. The van der Waals surface area contributed by atoms with E-state index in [-0.39, 0.29) is 6.04 Å². The van der Waals surface area contributed by atoms with E-state index in [1.165, 1.54) is 11.5 Å². The van der Waals surface area contributed by atoms with E-state index in [2.05, 4.69) is 4.37 Å². The van der Waals surface area contributed by atoms with Crippen LogP contribution < -0.4 is 5.73 Å². The van der Waals surface area contributed by atoms with Crippen LogP contribution in [0.3, 0.4) is 0 Å². The van der Waals surface area contributed by atoms with Crippen LogP contribution in [0, 0.1) is 0 Å². The molecule has 0 saturated carbocycles. The van der Waals surface area contributed by atoms with Gasteiger partial charge in [0, 0.05) is 10.4 Å². The van der Waals surface area contributed by atoms with Gasteiger partial charge < -0.3 is 5.73 Å². The Bertz CT molecular complexity index is 397. The molecule has 1 unspecified atom stereocenters. The number of aromatic nitrogens is 1. The third kappa shape index (κ3) is 1.95. The van der Waals surface area contributed by atoms with Gasteiger partial charge in [-0.3, -0.25) is 0 Å². The fourth-order valence-electron chi connectivity index (χ4n) is 1.22. The van der Waals surface area contributed by atoms with Crippen LogP contribution in [0.5, 0.6) is 0 Å². The molecule has 0 amide bonds. The zero-order chi connectivity index (χ0) is 9.97. The topological polar surface area (TPSA) is 38.9 Å². The molecule has 0 bridgehead atoms. The van der Waals surface area contributed by atoms with Gasteiger partial charge in [-0.1, -0.05) is 23.7 Å². The molecule has 1 atom stereocenters. The first kappa shape index (κ1) is 9.65. The van der Waals surface area contributed by atoms with E-state index >= 15 is 0 Å². The molecule has 1 aromatic heterocycles. The van der Waals surface area contributed by atoms with Gasteiger partial charge in [-0.25, -0.2) is 0 Å². The average molecular weight is 225 g/mol. The Labute approximate surface area is 91.5 Å². The first-order valence-electron chi connectivity index (χ1n) is 4.18. The van der Waals surface area contributed by atoms with Gasteiger partial charge in [0.05, 0.1) is 11.7 Å². The number of hydrogen-bond donors (Lipinski definition) is 1. The van der Waals surface area contributed by atoms with Crippen molar-refractivity contribution in [2.45, 2.75) is 6.04 Å². The number of hydrogen-bond acceptors (Lipinski definition) is 3. The largest absolute Gasteiger partial charge is 0.319 e. The Morgan fingerprint density at radius 1 is 1.21 bits per heavy atom. The van der Waals surface area contributed by atoms with Crippen LogP contribution in [-0.4, -0.2) is 4.37 Å². The summed E-state index contributed by atoms with van der Waals surface area (Å²) in [6.45, 7) is 0. The molecule has 0 saturated heterocycles. The lowest BCUT2D eigenvalue weighted by Crippen LogP contribution is -2.11. The molecule has 2 nitrogen and oxygen atoms in total. The van der Waals surface area contributed by atoms with Crippen LogP contribution >= 0.6 is 23.1 Å². The fourth-order valence-corrected chi connectivity index (χ4v) is 1.91. The number of nitrogens with two attached hydrogens (primary N) is 1. The van der Waals surface area contributed by atoms with Crippen LogP contribution in [0.4, 0.5) is 0 Å². The number of benzene rings is 1. The minimum atomic E-state index is -0.154. The molecule has 1 heterocycles. The van der Waals surface area contributed by atoms with E-state index in [0.29, 0.717) is 0 Å². The molecule has 1 aromatic carbocycles. The summed E-state index contributed by atoms with van der Waals surface area (Å²) in [4.78, 5) is 0. The Kier molecular flexibility index (Phi) is 2.82. The highest BCUT2D eigenvalue weighted by Crippen LogP contribution is 2.20. The highest BCUT2D eigenvalue weighted by Gasteiger charge is 2.09. The summed E-state index contributed by atoms with van der Waals surface area (Å²) < 4.78 is 4.20. The van der Waals surface area contributed by atoms with E-state index < -0.39 is 0 Å². The highest BCUT2D eigenvalue weighted by atomic mass is 35.5. The number of nitrogens with zero attached hydrogens (tertiary/aromatic N) is 1. The molecule has 2 N–H and O–H groups in total. The van der Waals surface area contributed by atoms with E-state index in [1.807, 2.05) is 35.7 Å². The van der Waals surface area contributed by atoms with Crippen molar-refractivity contribution in [3.05, 3.63) is 52.0 Å². The summed E-state index contributed by atoms with van der Waals surface area (Å²) in [6.07, 6.45) is 0. The SMILES string of the molecule is NC(c1ccc(Cl)cc1)c1ccsn1. The maximum atomic E-state index is 6.01. The Hall–Kier alpha value is -0.900. The molecule has 0 fully saturated rings. The third-order valence-electron chi connectivity index (χ3n) is 2.01. The van der Waals surface area contributed by atoms with Crippen molar-refractivity contribution < 1.29 is 0 Å². The lowest BCUT2D eigenvalue weighted by Gasteiger charge is -2.08. The van der Waals surface area contributed by atoms with Gasteiger partial charge in [0.15, 0.2) is 0 Å². The summed E-state index contributed by atoms with van der Waals surface area (Å²) >= 11 is 7.20. The molecule has 4 heteroatoms. The molecule has 72 valence electrons. The van der Waals surface area contributed by atoms with E-state index in [9.17, 15) is 0 Å². The number of halogens is 1. The molecule has 0 aliphatic rings. The molecule has 2 aromatic rings. The molecule has 0 radical (unpaired) electrons. The van der Waals surface area contributed by atoms with Crippen molar-refractivity contribution in [1.29, 1.82) is 0 Å². The Morgan fingerprint density at radius 3 is 2.50 bits per heavy atom. The van der Waals surface area contributed by atoms with Crippen molar-refractivity contribution in [3.63, 3.8) is 0 Å². The molecule has 0 aliphatic heterocycles. The lowest BCUT2D eigenvalue weighted by molar-refractivity contribution is 0.846. The van der Waals surface area contributed by atoms with Crippen LogP contribution in [0.15, 0.2) is 35.7 Å². The predicted molar refractivity (Wildman–Crippen MR) is 59.6 cm³/mol. The Morgan fingerprint density at radius 2 is 1.93 bits per heavy atom. The van der Waals surface area contributed by atoms with Crippen LogP contribution in [0.2, 0.25) is 5.02 Å². The van der Waals surface area contributed by atoms with Gasteiger partial charge in [-0.15, -0.1) is 0 Å². The zero-order valence-corrected chi connectivity index (χ0v) is 8.92. The standard InChI is InChI=1S/C10H9ClN2S/c11-8-3-1-7(2-4-8)10(12)9-5-6-14-13-9/h1-6,10H,12H2. The predicted octanol–water partition coefficient (Wildman–Crippen LogP) is 2.84. The molecular weight excluding hydrogens is 216 g/mol.